The standard InChI is InChI=1S/C14H14N2O3S/c1-18-11-4-2-5-12(8-11)19-10-14(17)16-15-9-13-6-3-7-20-13/h2-9H,10H2,1H3,(H,16,17)/b15-9+. The van der Waals surface area contributed by atoms with Gasteiger partial charge in [0.15, 0.2) is 6.61 Å². The minimum absolute atomic E-state index is 0.102. The second-order valence-corrected chi connectivity index (χ2v) is 4.76. The van der Waals surface area contributed by atoms with Crippen LogP contribution in [-0.2, 0) is 4.79 Å². The van der Waals surface area contributed by atoms with Gasteiger partial charge in [0.25, 0.3) is 5.91 Å². The molecule has 1 aromatic heterocycles. The third-order valence-electron chi connectivity index (χ3n) is 2.34. The molecule has 1 heterocycles. The zero-order valence-electron chi connectivity index (χ0n) is 10.9. The lowest BCUT2D eigenvalue weighted by Crippen LogP contribution is -2.24. The summed E-state index contributed by atoms with van der Waals surface area (Å²) >= 11 is 1.54. The van der Waals surface area contributed by atoms with Crippen LogP contribution in [0.3, 0.4) is 0 Å². The Kier molecular flexibility index (Phi) is 5.14. The Labute approximate surface area is 120 Å². The third-order valence-corrected chi connectivity index (χ3v) is 3.14. The Balaban J connectivity index is 1.77. The van der Waals surface area contributed by atoms with Gasteiger partial charge in [0, 0.05) is 10.9 Å². The molecule has 0 saturated heterocycles. The van der Waals surface area contributed by atoms with Crippen LogP contribution >= 0.6 is 11.3 Å². The maximum absolute atomic E-state index is 11.5. The Bertz CT molecular complexity index is 582. The van der Waals surface area contributed by atoms with E-state index in [1.165, 1.54) is 0 Å². The quantitative estimate of drug-likeness (QED) is 0.656. The van der Waals surface area contributed by atoms with Gasteiger partial charge in [-0.05, 0) is 23.6 Å². The molecule has 1 amide bonds. The highest BCUT2D eigenvalue weighted by Crippen LogP contribution is 2.18. The zero-order chi connectivity index (χ0) is 14.2. The lowest BCUT2D eigenvalue weighted by Gasteiger charge is -2.06. The van der Waals surface area contributed by atoms with E-state index >= 15 is 0 Å². The van der Waals surface area contributed by atoms with Crippen molar-refractivity contribution in [3.63, 3.8) is 0 Å². The number of carbonyl (C=O) groups excluding carboxylic acids is 1. The molecule has 0 aliphatic heterocycles. The Morgan fingerprint density at radius 1 is 1.35 bits per heavy atom. The molecular formula is C14H14N2O3S. The van der Waals surface area contributed by atoms with Gasteiger partial charge in [-0.2, -0.15) is 5.10 Å². The van der Waals surface area contributed by atoms with Gasteiger partial charge in [0.05, 0.1) is 13.3 Å². The number of hydrogen-bond donors (Lipinski definition) is 1. The summed E-state index contributed by atoms with van der Waals surface area (Å²) in [5.74, 6) is 0.931. The van der Waals surface area contributed by atoms with Gasteiger partial charge in [-0.1, -0.05) is 12.1 Å². The SMILES string of the molecule is COc1cccc(OCC(=O)N/N=C/c2cccs2)c1. The summed E-state index contributed by atoms with van der Waals surface area (Å²) in [5.41, 5.74) is 2.40. The van der Waals surface area contributed by atoms with E-state index in [1.807, 2.05) is 17.5 Å². The van der Waals surface area contributed by atoms with E-state index in [2.05, 4.69) is 10.5 Å². The normalized spacial score (nSPS) is 10.4. The van der Waals surface area contributed by atoms with Crippen LogP contribution in [-0.4, -0.2) is 25.8 Å². The lowest BCUT2D eigenvalue weighted by atomic mass is 10.3. The predicted octanol–water partition coefficient (Wildman–Crippen LogP) is 2.29. The monoisotopic (exact) mass is 290 g/mol. The van der Waals surface area contributed by atoms with Gasteiger partial charge in [-0.15, -0.1) is 11.3 Å². The van der Waals surface area contributed by atoms with Gasteiger partial charge < -0.3 is 9.47 Å². The van der Waals surface area contributed by atoms with Crippen molar-refractivity contribution in [3.8, 4) is 11.5 Å². The first kappa shape index (κ1) is 14.1. The van der Waals surface area contributed by atoms with E-state index in [4.69, 9.17) is 9.47 Å². The van der Waals surface area contributed by atoms with Crippen LogP contribution in [0.4, 0.5) is 0 Å². The number of hydrazone groups is 1. The van der Waals surface area contributed by atoms with Crippen molar-refractivity contribution < 1.29 is 14.3 Å². The fraction of sp³-hybridized carbons (Fsp3) is 0.143. The van der Waals surface area contributed by atoms with Crippen LogP contribution < -0.4 is 14.9 Å². The minimum Gasteiger partial charge on any atom is -0.497 e. The Morgan fingerprint density at radius 3 is 2.95 bits per heavy atom. The summed E-state index contributed by atoms with van der Waals surface area (Å²) in [6, 6.07) is 10.9. The molecule has 0 saturated carbocycles. The summed E-state index contributed by atoms with van der Waals surface area (Å²) in [6.45, 7) is -0.102. The van der Waals surface area contributed by atoms with E-state index in [0.717, 1.165) is 4.88 Å². The Morgan fingerprint density at radius 2 is 2.20 bits per heavy atom. The van der Waals surface area contributed by atoms with Crippen molar-refractivity contribution >= 4 is 23.5 Å². The number of carbonyl (C=O) groups is 1. The molecule has 0 spiro atoms. The number of benzene rings is 1. The van der Waals surface area contributed by atoms with Crippen LogP contribution in [0.1, 0.15) is 4.88 Å². The number of nitrogens with zero attached hydrogens (tertiary/aromatic N) is 1. The molecule has 20 heavy (non-hydrogen) atoms. The molecule has 2 rings (SSSR count). The van der Waals surface area contributed by atoms with Crippen molar-refractivity contribution in [3.05, 3.63) is 46.7 Å². The summed E-state index contributed by atoms with van der Waals surface area (Å²) in [5, 5.41) is 5.78. The number of hydrogen-bond acceptors (Lipinski definition) is 5. The number of nitrogens with one attached hydrogen (secondary N) is 1. The number of methoxy groups -OCH3 is 1. The summed E-state index contributed by atoms with van der Waals surface area (Å²) in [6.07, 6.45) is 1.59. The molecular weight excluding hydrogens is 276 g/mol. The number of amides is 1. The second kappa shape index (κ2) is 7.30. The zero-order valence-corrected chi connectivity index (χ0v) is 11.7. The first-order valence-electron chi connectivity index (χ1n) is 5.90. The highest BCUT2D eigenvalue weighted by atomic mass is 32.1. The van der Waals surface area contributed by atoms with Crippen molar-refractivity contribution in [2.45, 2.75) is 0 Å². The van der Waals surface area contributed by atoms with E-state index < -0.39 is 0 Å². The van der Waals surface area contributed by atoms with Crippen molar-refractivity contribution in [2.75, 3.05) is 13.7 Å². The average molecular weight is 290 g/mol. The molecule has 0 radical (unpaired) electrons. The minimum atomic E-state index is -0.319. The van der Waals surface area contributed by atoms with Gasteiger partial charge in [0.2, 0.25) is 0 Å². The molecule has 0 unspecified atom stereocenters. The van der Waals surface area contributed by atoms with Crippen molar-refractivity contribution in [1.82, 2.24) is 5.43 Å². The maximum atomic E-state index is 11.5. The smallest absolute Gasteiger partial charge is 0.277 e. The fourth-order valence-electron chi connectivity index (χ4n) is 1.40. The summed E-state index contributed by atoms with van der Waals surface area (Å²) in [4.78, 5) is 12.5. The third kappa shape index (κ3) is 4.40. The largest absolute Gasteiger partial charge is 0.497 e. The summed E-state index contributed by atoms with van der Waals surface area (Å²) in [7, 11) is 1.57. The number of ether oxygens (including phenoxy) is 2. The van der Waals surface area contributed by atoms with Crippen molar-refractivity contribution in [1.29, 1.82) is 0 Å². The molecule has 0 bridgehead atoms. The molecule has 104 valence electrons. The number of thiophene rings is 1. The highest BCUT2D eigenvalue weighted by Gasteiger charge is 2.02. The second-order valence-electron chi connectivity index (χ2n) is 3.78. The first-order chi connectivity index (χ1) is 9.78. The number of rotatable bonds is 6. The van der Waals surface area contributed by atoms with Crippen LogP contribution in [0.5, 0.6) is 11.5 Å². The first-order valence-corrected chi connectivity index (χ1v) is 6.78. The van der Waals surface area contributed by atoms with Gasteiger partial charge in [-0.25, -0.2) is 5.43 Å². The molecule has 1 N–H and O–H groups in total. The molecule has 1 aromatic carbocycles. The van der Waals surface area contributed by atoms with Crippen molar-refractivity contribution in [2.24, 2.45) is 5.10 Å². The van der Waals surface area contributed by atoms with Gasteiger partial charge in [-0.3, -0.25) is 4.79 Å². The maximum Gasteiger partial charge on any atom is 0.277 e. The van der Waals surface area contributed by atoms with E-state index in [-0.39, 0.29) is 12.5 Å². The molecule has 6 heteroatoms. The highest BCUT2D eigenvalue weighted by molar-refractivity contribution is 7.11. The molecule has 2 aromatic rings. The Hall–Kier alpha value is -2.34. The van der Waals surface area contributed by atoms with E-state index in [0.29, 0.717) is 11.5 Å². The molecule has 0 aliphatic rings. The molecule has 0 aliphatic carbocycles. The molecule has 5 nitrogen and oxygen atoms in total. The van der Waals surface area contributed by atoms with Gasteiger partial charge in [0.1, 0.15) is 11.5 Å². The van der Waals surface area contributed by atoms with Gasteiger partial charge >= 0.3 is 0 Å². The van der Waals surface area contributed by atoms with Crippen LogP contribution in [0.2, 0.25) is 0 Å². The predicted molar refractivity (Wildman–Crippen MR) is 78.5 cm³/mol. The van der Waals surface area contributed by atoms with E-state index in [9.17, 15) is 4.79 Å². The van der Waals surface area contributed by atoms with Crippen LogP contribution in [0.15, 0.2) is 46.9 Å². The average Bonchev–Trinajstić information content (AvgIpc) is 2.98. The lowest BCUT2D eigenvalue weighted by molar-refractivity contribution is -0.123. The van der Waals surface area contributed by atoms with Crippen LogP contribution in [0, 0.1) is 0 Å². The molecule has 0 fully saturated rings. The summed E-state index contributed by atoms with van der Waals surface area (Å²) < 4.78 is 10.4. The molecule has 0 atom stereocenters. The van der Waals surface area contributed by atoms with E-state index in [1.54, 1.807) is 48.9 Å². The fourth-order valence-corrected chi connectivity index (χ4v) is 1.99. The van der Waals surface area contributed by atoms with Crippen LogP contribution in [0.25, 0.3) is 0 Å². The topological polar surface area (TPSA) is 59.9 Å².